The molecule has 0 spiro atoms. The van der Waals surface area contributed by atoms with E-state index < -0.39 is 11.9 Å². The molecule has 0 aliphatic heterocycles. The second-order valence-electron chi connectivity index (χ2n) is 3.28. The van der Waals surface area contributed by atoms with Crippen LogP contribution in [0.25, 0.3) is 0 Å². The third-order valence-corrected chi connectivity index (χ3v) is 2.15. The van der Waals surface area contributed by atoms with E-state index >= 15 is 0 Å². The molecule has 0 unspecified atom stereocenters. The second-order valence-corrected chi connectivity index (χ2v) is 3.28. The van der Waals surface area contributed by atoms with Crippen molar-refractivity contribution >= 4 is 11.9 Å². The molecule has 0 saturated heterocycles. The lowest BCUT2D eigenvalue weighted by atomic mass is 10.0. The molecule has 0 aliphatic carbocycles. The monoisotopic (exact) mass is 208 g/mol. The van der Waals surface area contributed by atoms with Crippen LogP contribution in [0.15, 0.2) is 12.1 Å². The zero-order chi connectivity index (χ0) is 11.6. The molecule has 4 heteroatoms. The third kappa shape index (κ3) is 2.34. The molecule has 15 heavy (non-hydrogen) atoms. The fraction of sp³-hybridized carbons (Fsp3) is 0.273. The van der Waals surface area contributed by atoms with Gasteiger partial charge in [-0.05, 0) is 31.0 Å². The van der Waals surface area contributed by atoms with E-state index in [-0.39, 0.29) is 11.3 Å². The smallest absolute Gasteiger partial charge is 0.339 e. The van der Waals surface area contributed by atoms with Crippen LogP contribution in [0.1, 0.15) is 28.4 Å². The SMILES string of the molecule is CC(=O)Oc1c(C(=O)O)ccc(C)c1C. The van der Waals surface area contributed by atoms with Crippen molar-refractivity contribution in [3.8, 4) is 5.75 Å². The normalized spacial score (nSPS) is 9.80. The van der Waals surface area contributed by atoms with Gasteiger partial charge in [-0.25, -0.2) is 4.79 Å². The highest BCUT2D eigenvalue weighted by Gasteiger charge is 2.16. The Bertz CT molecular complexity index is 421. The minimum atomic E-state index is -1.10. The molecule has 80 valence electrons. The van der Waals surface area contributed by atoms with Crippen LogP contribution in [0.5, 0.6) is 5.75 Å². The number of rotatable bonds is 2. The number of carbonyl (C=O) groups excluding carboxylic acids is 1. The molecule has 0 bridgehead atoms. The largest absolute Gasteiger partial charge is 0.478 e. The molecule has 0 aromatic heterocycles. The van der Waals surface area contributed by atoms with Gasteiger partial charge in [-0.15, -0.1) is 0 Å². The molecule has 1 aromatic carbocycles. The number of benzene rings is 1. The predicted molar refractivity (Wildman–Crippen MR) is 54.2 cm³/mol. The number of hydrogen-bond acceptors (Lipinski definition) is 3. The summed E-state index contributed by atoms with van der Waals surface area (Å²) in [6.45, 7) is 4.79. The van der Waals surface area contributed by atoms with E-state index in [1.807, 2.05) is 6.92 Å². The Morgan fingerprint density at radius 1 is 1.27 bits per heavy atom. The lowest BCUT2D eigenvalue weighted by Gasteiger charge is -2.10. The lowest BCUT2D eigenvalue weighted by molar-refractivity contribution is -0.131. The van der Waals surface area contributed by atoms with Gasteiger partial charge in [0.2, 0.25) is 0 Å². The van der Waals surface area contributed by atoms with Crippen molar-refractivity contribution in [1.82, 2.24) is 0 Å². The molecule has 0 heterocycles. The number of esters is 1. The highest BCUT2D eigenvalue weighted by Crippen LogP contribution is 2.26. The van der Waals surface area contributed by atoms with Crippen molar-refractivity contribution < 1.29 is 19.4 Å². The number of aromatic carboxylic acids is 1. The van der Waals surface area contributed by atoms with E-state index in [0.717, 1.165) is 5.56 Å². The average Bonchev–Trinajstić information content (AvgIpc) is 2.12. The van der Waals surface area contributed by atoms with E-state index in [9.17, 15) is 9.59 Å². The highest BCUT2D eigenvalue weighted by molar-refractivity contribution is 5.92. The van der Waals surface area contributed by atoms with Crippen LogP contribution in [0.4, 0.5) is 0 Å². The molecular formula is C11H12O4. The summed E-state index contributed by atoms with van der Waals surface area (Å²) in [7, 11) is 0. The Morgan fingerprint density at radius 3 is 2.33 bits per heavy atom. The maximum absolute atomic E-state index is 10.9. The summed E-state index contributed by atoms with van der Waals surface area (Å²) in [6, 6.07) is 3.12. The van der Waals surface area contributed by atoms with Gasteiger partial charge in [0.15, 0.2) is 0 Å². The van der Waals surface area contributed by atoms with Gasteiger partial charge in [0.25, 0.3) is 0 Å². The fourth-order valence-electron chi connectivity index (χ4n) is 1.23. The van der Waals surface area contributed by atoms with Gasteiger partial charge in [0.1, 0.15) is 11.3 Å². The third-order valence-electron chi connectivity index (χ3n) is 2.15. The van der Waals surface area contributed by atoms with Crippen molar-refractivity contribution in [3.63, 3.8) is 0 Å². The van der Waals surface area contributed by atoms with Crippen LogP contribution >= 0.6 is 0 Å². The summed E-state index contributed by atoms with van der Waals surface area (Å²) in [6.07, 6.45) is 0. The molecule has 0 fully saturated rings. The number of carboxylic acid groups (broad SMARTS) is 1. The van der Waals surface area contributed by atoms with Gasteiger partial charge in [0.05, 0.1) is 0 Å². The zero-order valence-electron chi connectivity index (χ0n) is 8.83. The van der Waals surface area contributed by atoms with Crippen molar-refractivity contribution in [1.29, 1.82) is 0 Å². The van der Waals surface area contributed by atoms with Gasteiger partial charge in [-0.3, -0.25) is 4.79 Å². The summed E-state index contributed by atoms with van der Waals surface area (Å²) in [4.78, 5) is 21.7. The Balaban J connectivity index is 3.34. The van der Waals surface area contributed by atoms with Gasteiger partial charge in [-0.2, -0.15) is 0 Å². The Morgan fingerprint density at radius 2 is 1.87 bits per heavy atom. The van der Waals surface area contributed by atoms with Crippen molar-refractivity contribution in [2.75, 3.05) is 0 Å². The van der Waals surface area contributed by atoms with E-state index in [0.29, 0.717) is 5.56 Å². The Kier molecular flexibility index (Phi) is 3.09. The summed E-state index contributed by atoms with van der Waals surface area (Å²) >= 11 is 0. The first-order valence-corrected chi connectivity index (χ1v) is 4.45. The van der Waals surface area contributed by atoms with E-state index in [1.165, 1.54) is 13.0 Å². The van der Waals surface area contributed by atoms with Crippen LogP contribution in [0, 0.1) is 13.8 Å². The van der Waals surface area contributed by atoms with Crippen molar-refractivity contribution in [2.45, 2.75) is 20.8 Å². The Labute approximate surface area is 87.5 Å². The molecule has 0 atom stereocenters. The van der Waals surface area contributed by atoms with Crippen LogP contribution in [0.3, 0.4) is 0 Å². The minimum Gasteiger partial charge on any atom is -0.478 e. The molecule has 1 rings (SSSR count). The van der Waals surface area contributed by atoms with Crippen LogP contribution in [-0.2, 0) is 4.79 Å². The first kappa shape index (κ1) is 11.2. The Hall–Kier alpha value is -1.84. The molecular weight excluding hydrogens is 196 g/mol. The lowest BCUT2D eigenvalue weighted by Crippen LogP contribution is -2.09. The topological polar surface area (TPSA) is 63.6 Å². The molecule has 1 N–H and O–H groups in total. The van der Waals surface area contributed by atoms with Crippen molar-refractivity contribution in [3.05, 3.63) is 28.8 Å². The zero-order valence-corrected chi connectivity index (χ0v) is 8.83. The molecule has 1 aromatic rings. The fourth-order valence-corrected chi connectivity index (χ4v) is 1.23. The van der Waals surface area contributed by atoms with E-state index in [2.05, 4.69) is 0 Å². The van der Waals surface area contributed by atoms with Crippen molar-refractivity contribution in [2.24, 2.45) is 0 Å². The van der Waals surface area contributed by atoms with E-state index in [1.54, 1.807) is 13.0 Å². The number of ether oxygens (including phenoxy) is 1. The van der Waals surface area contributed by atoms with Crippen LogP contribution in [0.2, 0.25) is 0 Å². The number of aryl methyl sites for hydroxylation is 1. The van der Waals surface area contributed by atoms with Gasteiger partial charge in [0, 0.05) is 6.92 Å². The molecule has 0 aliphatic rings. The van der Waals surface area contributed by atoms with Gasteiger partial charge >= 0.3 is 11.9 Å². The predicted octanol–water partition coefficient (Wildman–Crippen LogP) is 1.93. The maximum Gasteiger partial charge on any atom is 0.339 e. The summed E-state index contributed by atoms with van der Waals surface area (Å²) in [5.41, 5.74) is 1.56. The first-order valence-electron chi connectivity index (χ1n) is 4.45. The number of carboxylic acids is 1. The average molecular weight is 208 g/mol. The summed E-state index contributed by atoms with van der Waals surface area (Å²) < 4.78 is 4.90. The highest BCUT2D eigenvalue weighted by atomic mass is 16.5. The summed E-state index contributed by atoms with van der Waals surface area (Å²) in [5, 5.41) is 8.90. The number of hydrogen-bond donors (Lipinski definition) is 1. The molecule has 0 saturated carbocycles. The van der Waals surface area contributed by atoms with Gasteiger partial charge in [-0.1, -0.05) is 6.07 Å². The quantitative estimate of drug-likeness (QED) is 0.595. The van der Waals surface area contributed by atoms with Crippen LogP contribution < -0.4 is 4.74 Å². The molecule has 0 radical (unpaired) electrons. The van der Waals surface area contributed by atoms with E-state index in [4.69, 9.17) is 9.84 Å². The van der Waals surface area contributed by atoms with Crippen LogP contribution in [-0.4, -0.2) is 17.0 Å². The maximum atomic E-state index is 10.9. The standard InChI is InChI=1S/C11H12O4/c1-6-4-5-9(11(13)14)10(7(6)2)15-8(3)12/h4-5H,1-3H3,(H,13,14). The first-order chi connectivity index (χ1) is 6.93. The number of carbonyl (C=O) groups is 2. The van der Waals surface area contributed by atoms with Gasteiger partial charge < -0.3 is 9.84 Å². The summed E-state index contributed by atoms with van der Waals surface area (Å²) in [5.74, 6) is -1.49. The molecule has 0 amide bonds. The second kappa shape index (κ2) is 4.13. The minimum absolute atomic E-state index is 0.00769. The molecule has 4 nitrogen and oxygen atoms in total.